The van der Waals surface area contributed by atoms with E-state index >= 15 is 0 Å². The maximum Gasteiger partial charge on any atom is 0.328 e. The number of aliphatic hydroxyl groups is 1. The molecule has 0 saturated heterocycles. The Kier molecular flexibility index (Phi) is 4.92. The highest BCUT2D eigenvalue weighted by Gasteiger charge is 2.18. The molecule has 4 N–H and O–H groups in total. The number of aliphatic carboxylic acids is 1. The molecular formula is C10H11BrN2O4. The fourth-order valence-corrected chi connectivity index (χ4v) is 1.45. The number of benzene rings is 1. The van der Waals surface area contributed by atoms with E-state index in [4.69, 9.17) is 10.2 Å². The third-order valence-corrected chi connectivity index (χ3v) is 2.60. The van der Waals surface area contributed by atoms with Crippen LogP contribution < -0.4 is 10.6 Å². The van der Waals surface area contributed by atoms with Crippen LogP contribution in [0.15, 0.2) is 28.7 Å². The summed E-state index contributed by atoms with van der Waals surface area (Å²) < 4.78 is 0.672. The average molecular weight is 303 g/mol. The predicted octanol–water partition coefficient (Wildman–Crippen LogP) is 1.02. The minimum Gasteiger partial charge on any atom is -0.480 e. The standard InChI is InChI=1S/C10H11BrN2O4/c11-6-3-1-2-4-7(6)12-10(17)13-8(5-14)9(15)16/h1-4,8,14H,5H2,(H,15,16)(H2,12,13,17)/t8-/m1/s1. The number of aliphatic hydroxyl groups excluding tert-OH is 1. The molecule has 0 bridgehead atoms. The third-order valence-electron chi connectivity index (χ3n) is 1.91. The number of hydrogen-bond acceptors (Lipinski definition) is 3. The van der Waals surface area contributed by atoms with E-state index in [0.717, 1.165) is 0 Å². The van der Waals surface area contributed by atoms with Crippen LogP contribution in [0.2, 0.25) is 0 Å². The molecule has 0 aliphatic carbocycles. The highest BCUT2D eigenvalue weighted by atomic mass is 79.9. The van der Waals surface area contributed by atoms with Crippen molar-refractivity contribution in [3.8, 4) is 0 Å². The van der Waals surface area contributed by atoms with Crippen molar-refractivity contribution in [3.05, 3.63) is 28.7 Å². The molecule has 0 unspecified atom stereocenters. The van der Waals surface area contributed by atoms with E-state index in [1.54, 1.807) is 24.3 Å². The lowest BCUT2D eigenvalue weighted by molar-refractivity contribution is -0.140. The van der Waals surface area contributed by atoms with Crippen molar-refractivity contribution in [2.75, 3.05) is 11.9 Å². The Labute approximate surface area is 106 Å². The van der Waals surface area contributed by atoms with E-state index in [-0.39, 0.29) is 0 Å². The van der Waals surface area contributed by atoms with Crippen LogP contribution in [0.4, 0.5) is 10.5 Å². The van der Waals surface area contributed by atoms with Crippen LogP contribution in [-0.2, 0) is 4.79 Å². The Morgan fingerprint density at radius 3 is 2.53 bits per heavy atom. The topological polar surface area (TPSA) is 98.7 Å². The zero-order chi connectivity index (χ0) is 12.8. The van der Waals surface area contributed by atoms with Gasteiger partial charge in [0.05, 0.1) is 12.3 Å². The fraction of sp³-hybridized carbons (Fsp3) is 0.200. The van der Waals surface area contributed by atoms with Crippen molar-refractivity contribution in [2.45, 2.75) is 6.04 Å². The number of carboxylic acid groups (broad SMARTS) is 1. The largest absolute Gasteiger partial charge is 0.480 e. The molecule has 0 heterocycles. The lowest BCUT2D eigenvalue weighted by atomic mass is 10.3. The molecule has 0 radical (unpaired) electrons. The van der Waals surface area contributed by atoms with E-state index in [0.29, 0.717) is 10.2 Å². The minimum absolute atomic E-state index is 0.507. The molecule has 0 aliphatic rings. The van der Waals surface area contributed by atoms with Crippen molar-refractivity contribution in [3.63, 3.8) is 0 Å². The van der Waals surface area contributed by atoms with Gasteiger partial charge in [-0.05, 0) is 28.1 Å². The van der Waals surface area contributed by atoms with E-state index in [2.05, 4.69) is 26.6 Å². The Morgan fingerprint density at radius 1 is 1.35 bits per heavy atom. The van der Waals surface area contributed by atoms with Crippen LogP contribution >= 0.6 is 15.9 Å². The van der Waals surface area contributed by atoms with Gasteiger partial charge in [-0.1, -0.05) is 12.1 Å². The highest BCUT2D eigenvalue weighted by molar-refractivity contribution is 9.10. The summed E-state index contributed by atoms with van der Waals surface area (Å²) in [7, 11) is 0. The molecule has 0 fully saturated rings. The Hall–Kier alpha value is -1.60. The molecule has 1 rings (SSSR count). The number of amides is 2. The van der Waals surface area contributed by atoms with Crippen molar-refractivity contribution in [1.29, 1.82) is 0 Å². The smallest absolute Gasteiger partial charge is 0.328 e. The number of carbonyl (C=O) groups excluding carboxylic acids is 1. The van der Waals surface area contributed by atoms with Crippen molar-refractivity contribution in [2.24, 2.45) is 0 Å². The molecule has 2 amide bonds. The summed E-state index contributed by atoms with van der Waals surface area (Å²) in [5.41, 5.74) is 0.507. The summed E-state index contributed by atoms with van der Waals surface area (Å²) in [6, 6.07) is 4.87. The quantitative estimate of drug-likeness (QED) is 0.667. The predicted molar refractivity (Wildman–Crippen MR) is 64.8 cm³/mol. The zero-order valence-electron chi connectivity index (χ0n) is 8.68. The van der Waals surface area contributed by atoms with Gasteiger partial charge in [-0.2, -0.15) is 0 Å². The minimum atomic E-state index is -1.32. The van der Waals surface area contributed by atoms with Crippen LogP contribution in [0.1, 0.15) is 0 Å². The molecule has 0 spiro atoms. The number of rotatable bonds is 4. The molecule has 0 aromatic heterocycles. The van der Waals surface area contributed by atoms with Gasteiger partial charge < -0.3 is 20.8 Å². The highest BCUT2D eigenvalue weighted by Crippen LogP contribution is 2.20. The number of nitrogens with one attached hydrogen (secondary N) is 2. The van der Waals surface area contributed by atoms with E-state index < -0.39 is 24.6 Å². The lowest BCUT2D eigenvalue weighted by Gasteiger charge is -2.13. The second-order valence-corrected chi connectivity index (χ2v) is 4.01. The van der Waals surface area contributed by atoms with Crippen LogP contribution in [0.25, 0.3) is 0 Å². The van der Waals surface area contributed by atoms with Gasteiger partial charge >= 0.3 is 12.0 Å². The third kappa shape index (κ3) is 4.04. The van der Waals surface area contributed by atoms with Crippen molar-refractivity contribution in [1.82, 2.24) is 5.32 Å². The van der Waals surface area contributed by atoms with Gasteiger partial charge in [-0.25, -0.2) is 9.59 Å². The van der Waals surface area contributed by atoms with Crippen molar-refractivity contribution >= 4 is 33.6 Å². The van der Waals surface area contributed by atoms with Crippen LogP contribution in [0, 0.1) is 0 Å². The SMILES string of the molecule is O=C(Nc1ccccc1Br)N[C@H](CO)C(=O)O. The van der Waals surface area contributed by atoms with Gasteiger partial charge in [0.25, 0.3) is 0 Å². The first-order valence-corrected chi connectivity index (χ1v) is 5.49. The Bertz CT molecular complexity index is 425. The molecule has 7 heteroatoms. The molecule has 6 nitrogen and oxygen atoms in total. The lowest BCUT2D eigenvalue weighted by Crippen LogP contribution is -2.45. The average Bonchev–Trinajstić information content (AvgIpc) is 2.28. The first kappa shape index (κ1) is 13.5. The molecule has 1 atom stereocenters. The molecular weight excluding hydrogens is 292 g/mol. The number of carbonyl (C=O) groups is 2. The van der Waals surface area contributed by atoms with Gasteiger partial charge in [0.1, 0.15) is 0 Å². The number of carboxylic acids is 1. The van der Waals surface area contributed by atoms with E-state index in [1.165, 1.54) is 0 Å². The Balaban J connectivity index is 2.61. The van der Waals surface area contributed by atoms with Gasteiger partial charge in [0.15, 0.2) is 6.04 Å². The summed E-state index contributed by atoms with van der Waals surface area (Å²) >= 11 is 3.23. The molecule has 17 heavy (non-hydrogen) atoms. The van der Waals surface area contributed by atoms with Crippen molar-refractivity contribution < 1.29 is 19.8 Å². The summed E-state index contributed by atoms with van der Waals surface area (Å²) in [6.07, 6.45) is 0. The monoisotopic (exact) mass is 302 g/mol. The molecule has 1 aromatic rings. The molecule has 0 aliphatic heterocycles. The summed E-state index contributed by atoms with van der Waals surface area (Å²) in [5, 5.41) is 21.9. The maximum atomic E-state index is 11.4. The van der Waals surface area contributed by atoms with E-state index in [1.807, 2.05) is 0 Å². The maximum absolute atomic E-state index is 11.4. The van der Waals surface area contributed by atoms with Gasteiger partial charge in [-0.3, -0.25) is 0 Å². The number of anilines is 1. The van der Waals surface area contributed by atoms with Crippen LogP contribution in [0.5, 0.6) is 0 Å². The zero-order valence-corrected chi connectivity index (χ0v) is 10.3. The second kappa shape index (κ2) is 6.21. The first-order chi connectivity index (χ1) is 8.04. The molecule has 92 valence electrons. The number of halogens is 1. The van der Waals surface area contributed by atoms with Crippen LogP contribution in [0.3, 0.4) is 0 Å². The first-order valence-electron chi connectivity index (χ1n) is 4.70. The molecule has 0 saturated carbocycles. The number of para-hydroxylation sites is 1. The summed E-state index contributed by atoms with van der Waals surface area (Å²) in [6.45, 7) is -0.668. The number of urea groups is 1. The second-order valence-electron chi connectivity index (χ2n) is 3.15. The Morgan fingerprint density at radius 2 is 2.00 bits per heavy atom. The van der Waals surface area contributed by atoms with Gasteiger partial charge in [-0.15, -0.1) is 0 Å². The molecule has 1 aromatic carbocycles. The number of hydrogen-bond donors (Lipinski definition) is 4. The summed E-state index contributed by atoms with van der Waals surface area (Å²) in [4.78, 5) is 22.0. The summed E-state index contributed by atoms with van der Waals surface area (Å²) in [5.74, 6) is -1.30. The van der Waals surface area contributed by atoms with Gasteiger partial charge in [0.2, 0.25) is 0 Å². The van der Waals surface area contributed by atoms with E-state index in [9.17, 15) is 9.59 Å². The van der Waals surface area contributed by atoms with Crippen LogP contribution in [-0.4, -0.2) is 34.9 Å². The fourth-order valence-electron chi connectivity index (χ4n) is 1.06. The normalized spacial score (nSPS) is 11.6. The van der Waals surface area contributed by atoms with Gasteiger partial charge in [0, 0.05) is 4.47 Å².